The fourth-order valence-corrected chi connectivity index (χ4v) is 6.56. The van der Waals surface area contributed by atoms with Crippen LogP contribution >= 0.6 is 10.6 Å². The van der Waals surface area contributed by atoms with E-state index in [1.807, 2.05) is 37.3 Å². The first-order valence-electron chi connectivity index (χ1n) is 11.2. The van der Waals surface area contributed by atoms with Gasteiger partial charge in [0, 0.05) is 27.5 Å². The highest BCUT2D eigenvalue weighted by Crippen LogP contribution is 2.56. The molecule has 2 heterocycles. The molecule has 2 unspecified atom stereocenters. The zero-order valence-corrected chi connectivity index (χ0v) is 20.3. The number of hydrogen-bond donors (Lipinski definition) is 5. The molecule has 4 rings (SSSR count). The third-order valence-electron chi connectivity index (χ3n) is 6.25. The highest BCUT2D eigenvalue weighted by molar-refractivity contribution is 8.25. The second kappa shape index (κ2) is 9.82. The minimum Gasteiger partial charge on any atom is -0.489 e. The lowest BCUT2D eigenvalue weighted by molar-refractivity contribution is -0.130. The summed E-state index contributed by atoms with van der Waals surface area (Å²) in [5.74, 6) is -0.737. The Kier molecular flexibility index (Phi) is 7.00. The van der Waals surface area contributed by atoms with Gasteiger partial charge in [-0.3, -0.25) is 28.9 Å². The van der Waals surface area contributed by atoms with Crippen molar-refractivity contribution in [3.05, 3.63) is 71.4 Å². The van der Waals surface area contributed by atoms with E-state index in [0.29, 0.717) is 17.9 Å². The first-order valence-corrected chi connectivity index (χ1v) is 13.0. The average Bonchev–Trinajstić information content (AvgIpc) is 3.04. The number of ether oxygens (including phenoxy) is 1. The van der Waals surface area contributed by atoms with Gasteiger partial charge in [-0.2, -0.15) is 10.6 Å². The van der Waals surface area contributed by atoms with E-state index in [1.165, 1.54) is 0 Å². The van der Waals surface area contributed by atoms with Gasteiger partial charge in [0.05, 0.1) is 23.2 Å². The zero-order valence-electron chi connectivity index (χ0n) is 19.5. The SMILES string of the molecule is Cc1cc(COc2ccc(C(=O)NC3(CC(=O)NO)CC(C)S(O)(O)C3)cc2)c2ccccc2n1. The van der Waals surface area contributed by atoms with E-state index in [4.69, 9.17) is 9.94 Å². The fraction of sp³-hybridized carbons (Fsp3) is 0.320. The van der Waals surface area contributed by atoms with Crippen molar-refractivity contribution in [2.24, 2.45) is 0 Å². The monoisotopic (exact) mass is 499 g/mol. The van der Waals surface area contributed by atoms with Crippen LogP contribution in [0, 0.1) is 6.92 Å². The molecule has 1 aliphatic rings. The minimum atomic E-state index is -2.97. The van der Waals surface area contributed by atoms with Crippen molar-refractivity contribution < 1.29 is 28.6 Å². The average molecular weight is 500 g/mol. The van der Waals surface area contributed by atoms with Crippen LogP contribution < -0.4 is 15.5 Å². The first-order chi connectivity index (χ1) is 16.6. The fourth-order valence-electron chi connectivity index (χ4n) is 4.58. The van der Waals surface area contributed by atoms with Crippen molar-refractivity contribution in [2.45, 2.75) is 44.1 Å². The van der Waals surface area contributed by atoms with Crippen LogP contribution in [-0.2, 0) is 11.4 Å². The topological polar surface area (TPSA) is 141 Å². The maximum absolute atomic E-state index is 13.0. The summed E-state index contributed by atoms with van der Waals surface area (Å²) in [4.78, 5) is 29.4. The Morgan fingerprint density at radius 1 is 1.17 bits per heavy atom. The molecule has 10 heteroatoms. The maximum atomic E-state index is 13.0. The van der Waals surface area contributed by atoms with E-state index < -0.39 is 33.2 Å². The van der Waals surface area contributed by atoms with Crippen LogP contribution in [0.4, 0.5) is 0 Å². The Bertz CT molecular complexity index is 1250. The van der Waals surface area contributed by atoms with E-state index in [1.54, 1.807) is 36.7 Å². The number of hydroxylamine groups is 1. The van der Waals surface area contributed by atoms with Crippen molar-refractivity contribution in [1.82, 2.24) is 15.8 Å². The number of nitrogens with one attached hydrogen (secondary N) is 2. The summed E-state index contributed by atoms with van der Waals surface area (Å²) >= 11 is 0. The van der Waals surface area contributed by atoms with Gasteiger partial charge in [-0.1, -0.05) is 18.2 Å². The number of hydrogen-bond acceptors (Lipinski definition) is 7. The molecule has 9 nitrogen and oxygen atoms in total. The second-order valence-electron chi connectivity index (χ2n) is 9.08. The van der Waals surface area contributed by atoms with Gasteiger partial charge in [0.15, 0.2) is 0 Å². The zero-order chi connectivity index (χ0) is 25.2. The van der Waals surface area contributed by atoms with E-state index in [-0.39, 0.29) is 18.6 Å². The van der Waals surface area contributed by atoms with Crippen LogP contribution in [0.3, 0.4) is 0 Å². The summed E-state index contributed by atoms with van der Waals surface area (Å²) in [6, 6.07) is 16.4. The van der Waals surface area contributed by atoms with Gasteiger partial charge < -0.3 is 10.1 Å². The smallest absolute Gasteiger partial charge is 0.251 e. The molecule has 35 heavy (non-hydrogen) atoms. The minimum absolute atomic E-state index is 0.152. The van der Waals surface area contributed by atoms with Crippen molar-refractivity contribution in [1.29, 1.82) is 0 Å². The molecule has 0 bridgehead atoms. The number of aromatic nitrogens is 1. The molecule has 0 radical (unpaired) electrons. The summed E-state index contributed by atoms with van der Waals surface area (Å²) < 4.78 is 26.6. The Labute approximate surface area is 204 Å². The maximum Gasteiger partial charge on any atom is 0.251 e. The molecule has 186 valence electrons. The van der Waals surface area contributed by atoms with Crippen molar-refractivity contribution in [3.63, 3.8) is 0 Å². The number of amides is 2. The summed E-state index contributed by atoms with van der Waals surface area (Å²) in [5.41, 5.74) is 3.53. The highest BCUT2D eigenvalue weighted by atomic mass is 32.3. The van der Waals surface area contributed by atoms with Gasteiger partial charge >= 0.3 is 0 Å². The summed E-state index contributed by atoms with van der Waals surface area (Å²) in [6.45, 7) is 3.94. The molecule has 5 N–H and O–H groups in total. The van der Waals surface area contributed by atoms with E-state index in [2.05, 4.69) is 10.3 Å². The number of carbonyl (C=O) groups excluding carboxylic acids is 2. The Morgan fingerprint density at radius 3 is 2.54 bits per heavy atom. The number of nitrogens with zero attached hydrogens (tertiary/aromatic N) is 1. The largest absolute Gasteiger partial charge is 0.489 e. The molecule has 2 aromatic carbocycles. The molecule has 2 amide bonds. The quantitative estimate of drug-likeness (QED) is 0.244. The number of para-hydroxylation sites is 1. The molecule has 2 atom stereocenters. The third kappa shape index (κ3) is 5.57. The number of rotatable bonds is 7. The Hall–Kier alpha value is -3.18. The van der Waals surface area contributed by atoms with Crippen molar-refractivity contribution in [2.75, 3.05) is 5.75 Å². The molecule has 0 spiro atoms. The number of carbonyl (C=O) groups is 2. The van der Waals surface area contributed by atoms with E-state index >= 15 is 0 Å². The van der Waals surface area contributed by atoms with Gasteiger partial charge in [0.25, 0.3) is 5.91 Å². The summed E-state index contributed by atoms with van der Waals surface area (Å²) in [5, 5.41) is 12.3. The Balaban J connectivity index is 1.45. The standard InChI is InChI=1S/C25H29N3O6S/c1-16-11-19(21-5-3-4-6-22(21)26-16)14-34-20-9-7-18(8-10-20)24(30)27-25(13-23(29)28-31)12-17(2)35(32,33)15-25/h3-11,17,31-33H,12-15H2,1-2H3,(H,27,30)(H,28,29). The lowest BCUT2D eigenvalue weighted by atomic mass is 9.91. The van der Waals surface area contributed by atoms with Crippen LogP contribution in [0.15, 0.2) is 54.6 Å². The predicted molar refractivity (Wildman–Crippen MR) is 134 cm³/mol. The number of aryl methyl sites for hydroxylation is 1. The van der Waals surface area contributed by atoms with Gasteiger partial charge in [0.1, 0.15) is 12.4 Å². The van der Waals surface area contributed by atoms with Crippen LogP contribution in [0.2, 0.25) is 0 Å². The number of fused-ring (bicyclic) bond motifs is 1. The molecule has 1 aliphatic heterocycles. The third-order valence-corrected chi connectivity index (χ3v) is 8.69. The molecule has 1 aromatic heterocycles. The van der Waals surface area contributed by atoms with Gasteiger partial charge in [-0.05, 0) is 56.7 Å². The van der Waals surface area contributed by atoms with Gasteiger partial charge in [-0.15, -0.1) is 0 Å². The molecule has 1 saturated heterocycles. The molecule has 0 aliphatic carbocycles. The molecular weight excluding hydrogens is 470 g/mol. The van der Waals surface area contributed by atoms with E-state index in [9.17, 15) is 18.7 Å². The second-order valence-corrected chi connectivity index (χ2v) is 11.6. The number of benzene rings is 2. The lowest BCUT2D eigenvalue weighted by Gasteiger charge is -2.34. The van der Waals surface area contributed by atoms with Crippen LogP contribution in [0.5, 0.6) is 5.75 Å². The highest BCUT2D eigenvalue weighted by Gasteiger charge is 2.49. The molecular formula is C25H29N3O6S. The lowest BCUT2D eigenvalue weighted by Crippen LogP contribution is -2.52. The van der Waals surface area contributed by atoms with Crippen LogP contribution in [-0.4, -0.2) is 47.7 Å². The van der Waals surface area contributed by atoms with Crippen molar-refractivity contribution in [3.8, 4) is 5.75 Å². The van der Waals surface area contributed by atoms with Crippen LogP contribution in [0.25, 0.3) is 10.9 Å². The summed E-state index contributed by atoms with van der Waals surface area (Å²) in [7, 11) is -2.97. The predicted octanol–water partition coefficient (Wildman–Crippen LogP) is 4.03. The van der Waals surface area contributed by atoms with Crippen LogP contribution in [0.1, 0.15) is 41.4 Å². The van der Waals surface area contributed by atoms with Gasteiger partial charge in [0.2, 0.25) is 5.91 Å². The Morgan fingerprint density at radius 2 is 1.89 bits per heavy atom. The first kappa shape index (κ1) is 24.9. The molecule has 1 fully saturated rings. The molecule has 3 aromatic rings. The van der Waals surface area contributed by atoms with Gasteiger partial charge in [-0.25, -0.2) is 5.48 Å². The summed E-state index contributed by atoms with van der Waals surface area (Å²) in [6.07, 6.45) is -0.0645. The molecule has 0 saturated carbocycles. The number of pyridine rings is 1. The normalized spacial score (nSPS) is 21.9. The van der Waals surface area contributed by atoms with E-state index in [0.717, 1.165) is 22.2 Å². The van der Waals surface area contributed by atoms with Crippen molar-refractivity contribution >= 4 is 33.3 Å².